The number of hydrogen-bond donors (Lipinski definition) is 1. The van der Waals surface area contributed by atoms with E-state index in [4.69, 9.17) is 5.73 Å². The molecule has 0 radical (unpaired) electrons. The fourth-order valence-electron chi connectivity index (χ4n) is 3.38. The monoisotopic (exact) mass is 354 g/mol. The van der Waals surface area contributed by atoms with E-state index in [1.165, 1.54) is 11.3 Å². The standard InChI is InChI=1S/C19H22N4OS/c1-13-16-12-17(18(24)22-10-5-6-14(20)9-11-22)25-19(16)23(21-13)15-7-3-2-4-8-15/h2-4,7-8,12,14H,5-6,9-11,20H2,1H3/t14-/m1/s1. The van der Waals surface area contributed by atoms with Crippen LogP contribution >= 0.6 is 11.3 Å². The Morgan fingerprint density at radius 1 is 1.24 bits per heavy atom. The van der Waals surface area contributed by atoms with Crippen LogP contribution in [0.15, 0.2) is 36.4 Å². The molecular weight excluding hydrogens is 332 g/mol. The van der Waals surface area contributed by atoms with Crippen LogP contribution in [0.25, 0.3) is 15.9 Å². The lowest BCUT2D eigenvalue weighted by molar-refractivity contribution is 0.0766. The molecule has 2 N–H and O–H groups in total. The second-order valence-corrected chi connectivity index (χ2v) is 7.68. The fourth-order valence-corrected chi connectivity index (χ4v) is 4.53. The molecule has 3 aromatic rings. The van der Waals surface area contributed by atoms with E-state index in [1.54, 1.807) is 0 Å². The van der Waals surface area contributed by atoms with Gasteiger partial charge in [-0.05, 0) is 44.4 Å². The van der Waals surface area contributed by atoms with E-state index < -0.39 is 0 Å². The Bertz CT molecular complexity index is 899. The highest BCUT2D eigenvalue weighted by Gasteiger charge is 2.23. The van der Waals surface area contributed by atoms with Crippen LogP contribution in [0.4, 0.5) is 0 Å². The Morgan fingerprint density at radius 2 is 2.04 bits per heavy atom. The third-order valence-corrected chi connectivity index (χ3v) is 5.91. The first-order valence-corrected chi connectivity index (χ1v) is 9.54. The molecule has 0 aliphatic carbocycles. The number of para-hydroxylation sites is 1. The van der Waals surface area contributed by atoms with Crippen molar-refractivity contribution < 1.29 is 4.79 Å². The van der Waals surface area contributed by atoms with Crippen LogP contribution in [0.1, 0.15) is 34.6 Å². The van der Waals surface area contributed by atoms with E-state index >= 15 is 0 Å². The predicted octanol–water partition coefficient (Wildman–Crippen LogP) is 3.35. The molecular formula is C19H22N4OS. The first kappa shape index (κ1) is 16.3. The summed E-state index contributed by atoms with van der Waals surface area (Å²) in [6.07, 6.45) is 2.86. The Balaban J connectivity index is 1.68. The van der Waals surface area contributed by atoms with Crippen molar-refractivity contribution in [2.45, 2.75) is 32.2 Å². The van der Waals surface area contributed by atoms with E-state index in [-0.39, 0.29) is 11.9 Å². The van der Waals surface area contributed by atoms with Gasteiger partial charge in [-0.3, -0.25) is 4.79 Å². The van der Waals surface area contributed by atoms with Crippen molar-refractivity contribution in [3.63, 3.8) is 0 Å². The van der Waals surface area contributed by atoms with Crippen molar-refractivity contribution >= 4 is 27.5 Å². The molecule has 1 fully saturated rings. The van der Waals surface area contributed by atoms with Gasteiger partial charge in [0.25, 0.3) is 5.91 Å². The maximum atomic E-state index is 13.0. The zero-order valence-corrected chi connectivity index (χ0v) is 15.1. The van der Waals surface area contributed by atoms with Crippen molar-refractivity contribution in [2.24, 2.45) is 5.73 Å². The fraction of sp³-hybridized carbons (Fsp3) is 0.368. The number of likely N-dealkylation sites (tertiary alicyclic amines) is 1. The summed E-state index contributed by atoms with van der Waals surface area (Å²) in [5, 5.41) is 5.70. The highest BCUT2D eigenvalue weighted by molar-refractivity contribution is 7.20. The van der Waals surface area contributed by atoms with Gasteiger partial charge in [0.05, 0.1) is 16.3 Å². The van der Waals surface area contributed by atoms with Crippen LogP contribution in [0.2, 0.25) is 0 Å². The molecule has 1 amide bonds. The Morgan fingerprint density at radius 3 is 2.84 bits per heavy atom. The summed E-state index contributed by atoms with van der Waals surface area (Å²) < 4.78 is 1.93. The third kappa shape index (κ3) is 3.07. The molecule has 0 bridgehead atoms. The number of aryl methyl sites for hydroxylation is 1. The summed E-state index contributed by atoms with van der Waals surface area (Å²) in [5.74, 6) is 0.120. The van der Waals surface area contributed by atoms with Gasteiger partial charge in [0, 0.05) is 24.5 Å². The van der Waals surface area contributed by atoms with Crippen LogP contribution in [0.5, 0.6) is 0 Å². The molecule has 1 aliphatic heterocycles. The SMILES string of the molecule is Cc1nn(-c2ccccc2)c2sc(C(=O)N3CCC[C@@H](N)CC3)cc12. The summed E-state index contributed by atoms with van der Waals surface area (Å²) in [5.41, 5.74) is 8.00. The van der Waals surface area contributed by atoms with Gasteiger partial charge in [-0.1, -0.05) is 18.2 Å². The van der Waals surface area contributed by atoms with E-state index in [2.05, 4.69) is 5.10 Å². The van der Waals surface area contributed by atoms with Crippen molar-refractivity contribution in [1.82, 2.24) is 14.7 Å². The number of rotatable bonds is 2. The van der Waals surface area contributed by atoms with Crippen molar-refractivity contribution in [3.8, 4) is 5.69 Å². The number of aromatic nitrogens is 2. The topological polar surface area (TPSA) is 64.2 Å². The quantitative estimate of drug-likeness (QED) is 0.767. The number of carbonyl (C=O) groups is 1. The highest BCUT2D eigenvalue weighted by atomic mass is 32.1. The van der Waals surface area contributed by atoms with Gasteiger partial charge < -0.3 is 10.6 Å². The minimum atomic E-state index is 0.120. The third-order valence-electron chi connectivity index (χ3n) is 4.82. The number of thiophene rings is 1. The molecule has 0 unspecified atom stereocenters. The van der Waals surface area contributed by atoms with Crippen LogP contribution in [0, 0.1) is 6.92 Å². The maximum Gasteiger partial charge on any atom is 0.264 e. The van der Waals surface area contributed by atoms with Gasteiger partial charge >= 0.3 is 0 Å². The van der Waals surface area contributed by atoms with Gasteiger partial charge in [0.1, 0.15) is 4.83 Å². The number of hydrogen-bond acceptors (Lipinski definition) is 4. The maximum absolute atomic E-state index is 13.0. The zero-order chi connectivity index (χ0) is 17.4. The van der Waals surface area contributed by atoms with Crippen LogP contribution < -0.4 is 5.73 Å². The molecule has 6 heteroatoms. The minimum absolute atomic E-state index is 0.120. The van der Waals surface area contributed by atoms with E-state index in [0.717, 1.165) is 58.8 Å². The molecule has 2 aromatic heterocycles. The van der Waals surface area contributed by atoms with Crippen LogP contribution in [0.3, 0.4) is 0 Å². The Kier molecular flexibility index (Phi) is 4.31. The van der Waals surface area contributed by atoms with E-state index in [9.17, 15) is 4.79 Å². The number of fused-ring (bicyclic) bond motifs is 1. The van der Waals surface area contributed by atoms with Gasteiger partial charge in [0.2, 0.25) is 0 Å². The molecule has 0 spiro atoms. The summed E-state index contributed by atoms with van der Waals surface area (Å²) >= 11 is 1.53. The number of nitrogens with zero attached hydrogens (tertiary/aromatic N) is 3. The molecule has 130 valence electrons. The molecule has 1 atom stereocenters. The number of carbonyl (C=O) groups excluding carboxylic acids is 1. The Hall–Kier alpha value is -2.18. The molecule has 1 aromatic carbocycles. The number of benzene rings is 1. The van der Waals surface area contributed by atoms with E-state index in [0.29, 0.717) is 0 Å². The van der Waals surface area contributed by atoms with Gasteiger partial charge in [-0.25, -0.2) is 4.68 Å². The van der Waals surface area contributed by atoms with Gasteiger partial charge in [-0.2, -0.15) is 5.10 Å². The molecule has 1 aliphatic rings. The lowest BCUT2D eigenvalue weighted by atomic mass is 10.1. The normalized spacial score (nSPS) is 18.5. The van der Waals surface area contributed by atoms with Crippen molar-refractivity contribution in [2.75, 3.05) is 13.1 Å². The number of nitrogens with two attached hydrogens (primary N) is 1. The van der Waals surface area contributed by atoms with Crippen molar-refractivity contribution in [1.29, 1.82) is 0 Å². The smallest absolute Gasteiger partial charge is 0.264 e. The second-order valence-electron chi connectivity index (χ2n) is 6.65. The summed E-state index contributed by atoms with van der Waals surface area (Å²) in [6.45, 7) is 3.54. The van der Waals surface area contributed by atoms with E-state index in [1.807, 2.05) is 52.9 Å². The zero-order valence-electron chi connectivity index (χ0n) is 14.3. The molecule has 4 rings (SSSR count). The summed E-state index contributed by atoms with van der Waals surface area (Å²) in [6, 6.07) is 12.3. The largest absolute Gasteiger partial charge is 0.338 e. The molecule has 0 saturated carbocycles. The molecule has 3 heterocycles. The predicted molar refractivity (Wildman–Crippen MR) is 101 cm³/mol. The molecule has 25 heavy (non-hydrogen) atoms. The molecule has 5 nitrogen and oxygen atoms in total. The minimum Gasteiger partial charge on any atom is -0.338 e. The highest BCUT2D eigenvalue weighted by Crippen LogP contribution is 2.31. The van der Waals surface area contributed by atoms with Crippen LogP contribution in [-0.4, -0.2) is 39.7 Å². The summed E-state index contributed by atoms with van der Waals surface area (Å²) in [7, 11) is 0. The second kappa shape index (κ2) is 6.61. The van der Waals surface area contributed by atoms with Crippen LogP contribution in [-0.2, 0) is 0 Å². The van der Waals surface area contributed by atoms with Gasteiger partial charge in [0.15, 0.2) is 0 Å². The van der Waals surface area contributed by atoms with Gasteiger partial charge in [-0.15, -0.1) is 11.3 Å². The van der Waals surface area contributed by atoms with Crippen molar-refractivity contribution in [3.05, 3.63) is 47.0 Å². The average molecular weight is 354 g/mol. The first-order chi connectivity index (χ1) is 12.1. The average Bonchev–Trinajstić information content (AvgIpc) is 3.11. The summed E-state index contributed by atoms with van der Waals surface area (Å²) in [4.78, 5) is 16.7. The first-order valence-electron chi connectivity index (χ1n) is 8.73. The number of amides is 1. The lowest BCUT2D eigenvalue weighted by Crippen LogP contribution is -2.32. The lowest BCUT2D eigenvalue weighted by Gasteiger charge is -2.19. The Labute approximate surface area is 151 Å². The molecule has 1 saturated heterocycles.